The van der Waals surface area contributed by atoms with Gasteiger partial charge in [-0.05, 0) is 23.3 Å². The zero-order valence-electron chi connectivity index (χ0n) is 12.0. The van der Waals surface area contributed by atoms with Crippen LogP contribution in [0, 0.1) is 0 Å². The van der Waals surface area contributed by atoms with E-state index in [0.717, 1.165) is 22.6 Å². The summed E-state index contributed by atoms with van der Waals surface area (Å²) >= 11 is 0. The van der Waals surface area contributed by atoms with Gasteiger partial charge in [-0.2, -0.15) is 0 Å². The van der Waals surface area contributed by atoms with Crippen molar-refractivity contribution in [3.63, 3.8) is 0 Å². The summed E-state index contributed by atoms with van der Waals surface area (Å²) in [6.07, 6.45) is 0. The Bertz CT molecular complexity index is 837. The average Bonchev–Trinajstić information content (AvgIpc) is 2.96. The second-order valence-corrected chi connectivity index (χ2v) is 5.72. The molecule has 0 atom stereocenters. The maximum absolute atomic E-state index is 6.42. The summed E-state index contributed by atoms with van der Waals surface area (Å²) in [5, 5.41) is 0. The normalized spacial score (nSPS) is 16.5. The van der Waals surface area contributed by atoms with E-state index in [1.807, 2.05) is 36.4 Å². The Balaban J connectivity index is 1.91. The average molecular weight is 286 g/mol. The van der Waals surface area contributed by atoms with Crippen LogP contribution in [0.3, 0.4) is 0 Å². The summed E-state index contributed by atoms with van der Waals surface area (Å²) in [7, 11) is 0. The topological polar surface area (TPSA) is 18.5 Å². The van der Waals surface area contributed by atoms with Crippen molar-refractivity contribution < 1.29 is 9.47 Å². The lowest BCUT2D eigenvalue weighted by Gasteiger charge is -2.37. The molecule has 1 spiro atoms. The Kier molecular flexibility index (Phi) is 2.30. The van der Waals surface area contributed by atoms with Crippen LogP contribution < -0.4 is 4.74 Å². The number of rotatable bonds is 0. The maximum Gasteiger partial charge on any atom is 0.151 e. The second kappa shape index (κ2) is 4.21. The molecule has 0 bridgehead atoms. The van der Waals surface area contributed by atoms with Crippen LogP contribution in [0.5, 0.6) is 11.5 Å². The van der Waals surface area contributed by atoms with E-state index in [1.165, 1.54) is 11.1 Å². The Morgan fingerprint density at radius 1 is 0.636 bits per heavy atom. The molecule has 2 heteroatoms. The molecule has 0 saturated heterocycles. The molecule has 0 unspecified atom stereocenters. The van der Waals surface area contributed by atoms with E-state index in [4.69, 9.17) is 9.47 Å². The van der Waals surface area contributed by atoms with E-state index in [2.05, 4.69) is 36.4 Å². The summed E-state index contributed by atoms with van der Waals surface area (Å²) in [6.45, 7) is 0.624. The van der Waals surface area contributed by atoms with Crippen molar-refractivity contribution in [2.45, 2.75) is 12.2 Å². The summed E-state index contributed by atoms with van der Waals surface area (Å²) in [6, 6.07) is 24.8. The highest BCUT2D eigenvalue weighted by Gasteiger charge is 2.48. The number of hydrogen-bond acceptors (Lipinski definition) is 2. The molecule has 0 aromatic heterocycles. The molecule has 106 valence electrons. The van der Waals surface area contributed by atoms with Crippen LogP contribution >= 0.6 is 0 Å². The van der Waals surface area contributed by atoms with Gasteiger partial charge in [-0.25, -0.2) is 0 Å². The number of ether oxygens (including phenoxy) is 2. The van der Waals surface area contributed by atoms with Crippen LogP contribution in [0.1, 0.15) is 22.3 Å². The van der Waals surface area contributed by atoms with Crippen LogP contribution in [0.2, 0.25) is 0 Å². The van der Waals surface area contributed by atoms with E-state index in [-0.39, 0.29) is 0 Å². The predicted octanol–water partition coefficient (Wildman–Crippen LogP) is 4.61. The summed E-state index contributed by atoms with van der Waals surface area (Å²) in [5.41, 5.74) is 4.08. The second-order valence-electron chi connectivity index (χ2n) is 5.72. The van der Waals surface area contributed by atoms with Crippen LogP contribution in [0.4, 0.5) is 0 Å². The molecule has 5 rings (SSSR count). The highest BCUT2D eigenvalue weighted by molar-refractivity contribution is 5.63. The van der Waals surface area contributed by atoms with E-state index in [1.54, 1.807) is 0 Å². The molecule has 2 aliphatic heterocycles. The van der Waals surface area contributed by atoms with E-state index < -0.39 is 5.60 Å². The quantitative estimate of drug-likeness (QED) is 0.600. The molecule has 3 aromatic carbocycles. The van der Waals surface area contributed by atoms with Gasteiger partial charge in [-0.1, -0.05) is 60.7 Å². The van der Waals surface area contributed by atoms with Crippen LogP contribution in [0.25, 0.3) is 0 Å². The minimum absolute atomic E-state index is 0.554. The van der Waals surface area contributed by atoms with Gasteiger partial charge in [0.25, 0.3) is 0 Å². The Morgan fingerprint density at radius 3 is 1.86 bits per heavy atom. The molecule has 0 aliphatic carbocycles. The summed E-state index contributed by atoms with van der Waals surface area (Å²) in [4.78, 5) is 0. The Labute approximate surface area is 128 Å². The van der Waals surface area contributed by atoms with Crippen molar-refractivity contribution in [1.29, 1.82) is 0 Å². The first kappa shape index (κ1) is 12.0. The number of benzene rings is 3. The first-order chi connectivity index (χ1) is 10.9. The van der Waals surface area contributed by atoms with Crippen molar-refractivity contribution in [3.05, 3.63) is 95.1 Å². The smallest absolute Gasteiger partial charge is 0.151 e. The summed E-state index contributed by atoms with van der Waals surface area (Å²) < 4.78 is 12.5. The summed E-state index contributed by atoms with van der Waals surface area (Å²) in [5.74, 6) is 1.75. The molecule has 0 radical (unpaired) electrons. The number of para-hydroxylation sites is 2. The lowest BCUT2D eigenvalue weighted by Crippen LogP contribution is -2.32. The lowest BCUT2D eigenvalue weighted by atomic mass is 9.78. The largest absolute Gasteiger partial charge is 0.457 e. The highest BCUT2D eigenvalue weighted by Crippen LogP contribution is 2.55. The van der Waals surface area contributed by atoms with Crippen LogP contribution in [-0.4, -0.2) is 0 Å². The van der Waals surface area contributed by atoms with Crippen LogP contribution in [0.15, 0.2) is 72.8 Å². The van der Waals surface area contributed by atoms with Gasteiger partial charge in [0.05, 0.1) is 6.61 Å². The molecule has 0 amide bonds. The zero-order valence-corrected chi connectivity index (χ0v) is 12.0. The van der Waals surface area contributed by atoms with Crippen LogP contribution in [-0.2, 0) is 16.9 Å². The molecule has 3 aromatic rings. The van der Waals surface area contributed by atoms with E-state index in [9.17, 15) is 0 Å². The fraction of sp³-hybridized carbons (Fsp3) is 0.100. The van der Waals surface area contributed by atoms with E-state index >= 15 is 0 Å². The first-order valence-electron chi connectivity index (χ1n) is 7.49. The molecule has 2 aliphatic rings. The molecule has 22 heavy (non-hydrogen) atoms. The van der Waals surface area contributed by atoms with Gasteiger partial charge in [0.1, 0.15) is 11.5 Å². The third-order valence-corrected chi connectivity index (χ3v) is 4.59. The van der Waals surface area contributed by atoms with Gasteiger partial charge in [0.2, 0.25) is 0 Å². The van der Waals surface area contributed by atoms with Crippen molar-refractivity contribution in [2.75, 3.05) is 0 Å². The van der Waals surface area contributed by atoms with Gasteiger partial charge in [0, 0.05) is 11.1 Å². The van der Waals surface area contributed by atoms with Crippen molar-refractivity contribution in [3.8, 4) is 11.5 Å². The molecule has 0 saturated carbocycles. The molecule has 2 heterocycles. The third kappa shape index (κ3) is 1.38. The number of hydrogen-bond donors (Lipinski definition) is 0. The maximum atomic E-state index is 6.42. The van der Waals surface area contributed by atoms with Crippen molar-refractivity contribution >= 4 is 0 Å². The lowest BCUT2D eigenvalue weighted by molar-refractivity contribution is 0.0199. The third-order valence-electron chi connectivity index (χ3n) is 4.59. The molecule has 2 nitrogen and oxygen atoms in total. The molecule has 0 fully saturated rings. The number of fused-ring (bicyclic) bond motifs is 6. The Hall–Kier alpha value is -2.58. The first-order valence-corrected chi connectivity index (χ1v) is 7.49. The minimum Gasteiger partial charge on any atom is -0.457 e. The SMILES string of the molecule is c1ccc2c(c1)COC21c2ccccc2Oc2ccccc21. The predicted molar refractivity (Wildman–Crippen MR) is 84.1 cm³/mol. The standard InChI is InChI=1S/C20H14O2/c1-2-8-15-14(7-1)13-21-20(15)16-9-3-5-11-18(16)22-19-12-6-4-10-17(19)20/h1-12H,13H2. The van der Waals surface area contributed by atoms with E-state index in [0.29, 0.717) is 6.61 Å². The zero-order chi connectivity index (χ0) is 14.6. The molecular weight excluding hydrogens is 272 g/mol. The minimum atomic E-state index is -0.554. The van der Waals surface area contributed by atoms with Crippen molar-refractivity contribution in [1.82, 2.24) is 0 Å². The van der Waals surface area contributed by atoms with Gasteiger partial charge in [-0.3, -0.25) is 0 Å². The van der Waals surface area contributed by atoms with Gasteiger partial charge in [-0.15, -0.1) is 0 Å². The fourth-order valence-corrected chi connectivity index (χ4v) is 3.66. The van der Waals surface area contributed by atoms with Gasteiger partial charge >= 0.3 is 0 Å². The Morgan fingerprint density at radius 2 is 1.18 bits per heavy atom. The monoisotopic (exact) mass is 286 g/mol. The highest BCUT2D eigenvalue weighted by atomic mass is 16.5. The van der Waals surface area contributed by atoms with Gasteiger partial charge < -0.3 is 9.47 Å². The molecule has 0 N–H and O–H groups in total. The fourth-order valence-electron chi connectivity index (χ4n) is 3.66. The van der Waals surface area contributed by atoms with Gasteiger partial charge in [0.15, 0.2) is 5.60 Å². The molecular formula is C20H14O2. The van der Waals surface area contributed by atoms with Crippen molar-refractivity contribution in [2.24, 2.45) is 0 Å².